The molecule has 8 nitrogen and oxygen atoms in total. The van der Waals surface area contributed by atoms with Crippen LogP contribution in [0, 0.1) is 0 Å². The van der Waals surface area contributed by atoms with Crippen molar-refractivity contribution in [1.82, 2.24) is 4.90 Å². The molecular weight excluding hydrogens is 412 g/mol. The van der Waals surface area contributed by atoms with Crippen LogP contribution >= 0.6 is 0 Å². The van der Waals surface area contributed by atoms with Gasteiger partial charge >= 0.3 is 5.97 Å². The van der Waals surface area contributed by atoms with E-state index in [1.807, 2.05) is 24.3 Å². The van der Waals surface area contributed by atoms with Crippen LogP contribution in [0.4, 0.5) is 5.69 Å². The Kier molecular flexibility index (Phi) is 9.34. The van der Waals surface area contributed by atoms with E-state index in [2.05, 4.69) is 10.2 Å². The van der Waals surface area contributed by atoms with Crippen molar-refractivity contribution in [3.63, 3.8) is 0 Å². The van der Waals surface area contributed by atoms with E-state index in [-0.39, 0.29) is 18.9 Å². The number of rotatable bonds is 11. The van der Waals surface area contributed by atoms with Crippen LogP contribution in [0.5, 0.6) is 11.5 Å². The Morgan fingerprint density at radius 1 is 1.00 bits per heavy atom. The number of morpholine rings is 1. The summed E-state index contributed by atoms with van der Waals surface area (Å²) in [6.45, 7) is 4.32. The highest BCUT2D eigenvalue weighted by Gasteiger charge is 2.11. The van der Waals surface area contributed by atoms with Crippen molar-refractivity contribution in [3.8, 4) is 11.5 Å². The third-order valence-electron chi connectivity index (χ3n) is 4.97. The van der Waals surface area contributed by atoms with E-state index in [1.165, 1.54) is 5.56 Å². The number of carbonyl (C=O) groups is 2. The van der Waals surface area contributed by atoms with Crippen LogP contribution in [0.3, 0.4) is 0 Å². The molecule has 1 amide bonds. The summed E-state index contributed by atoms with van der Waals surface area (Å²) < 4.78 is 21.1. The molecule has 2 aromatic rings. The van der Waals surface area contributed by atoms with E-state index in [0.29, 0.717) is 24.5 Å². The van der Waals surface area contributed by atoms with E-state index < -0.39 is 5.97 Å². The largest absolute Gasteiger partial charge is 0.497 e. The Morgan fingerprint density at radius 3 is 2.38 bits per heavy atom. The fraction of sp³-hybridized carbons (Fsp3) is 0.417. The number of methoxy groups -OCH3 is 1. The second-order valence-corrected chi connectivity index (χ2v) is 7.42. The first kappa shape index (κ1) is 23.6. The maximum atomic E-state index is 12.0. The molecule has 0 spiro atoms. The minimum Gasteiger partial charge on any atom is -0.497 e. The predicted octanol–water partition coefficient (Wildman–Crippen LogP) is 2.87. The van der Waals surface area contributed by atoms with Crippen molar-refractivity contribution in [2.45, 2.75) is 19.4 Å². The molecule has 1 aliphatic heterocycles. The van der Waals surface area contributed by atoms with Gasteiger partial charge in [-0.05, 0) is 48.4 Å². The second-order valence-electron chi connectivity index (χ2n) is 7.42. The molecule has 2 aromatic carbocycles. The van der Waals surface area contributed by atoms with Gasteiger partial charge in [-0.3, -0.25) is 14.5 Å². The molecule has 0 aliphatic carbocycles. The first-order valence-corrected chi connectivity index (χ1v) is 10.7. The lowest BCUT2D eigenvalue weighted by Gasteiger charge is -2.26. The van der Waals surface area contributed by atoms with Crippen molar-refractivity contribution < 1.29 is 28.5 Å². The maximum Gasteiger partial charge on any atom is 0.306 e. The van der Waals surface area contributed by atoms with Crippen molar-refractivity contribution in [2.24, 2.45) is 0 Å². The molecule has 0 radical (unpaired) electrons. The molecule has 0 unspecified atom stereocenters. The van der Waals surface area contributed by atoms with Gasteiger partial charge in [0.25, 0.3) is 5.91 Å². The standard InChI is InChI=1S/C24H30N2O6/c1-29-21-8-10-22(11-9-21)31-14-2-3-24(28)32-18-23(27)25-20-6-4-19(5-7-20)17-26-12-15-30-16-13-26/h4-11H,2-3,12-18H2,1H3,(H,25,27). The van der Waals surface area contributed by atoms with Gasteiger partial charge in [0, 0.05) is 31.7 Å². The lowest BCUT2D eigenvalue weighted by Crippen LogP contribution is -2.35. The normalized spacial score (nSPS) is 13.9. The zero-order valence-corrected chi connectivity index (χ0v) is 18.4. The summed E-state index contributed by atoms with van der Waals surface area (Å²) in [5.41, 5.74) is 1.85. The topological polar surface area (TPSA) is 86.3 Å². The summed E-state index contributed by atoms with van der Waals surface area (Å²) in [5.74, 6) is 0.658. The number of ether oxygens (including phenoxy) is 4. The minimum absolute atomic E-state index is 0.180. The first-order chi connectivity index (χ1) is 15.6. The number of esters is 1. The highest BCUT2D eigenvalue weighted by Crippen LogP contribution is 2.17. The van der Waals surface area contributed by atoms with Crippen molar-refractivity contribution in [2.75, 3.05) is 51.9 Å². The molecule has 8 heteroatoms. The Morgan fingerprint density at radius 2 is 1.69 bits per heavy atom. The number of nitrogens with zero attached hydrogens (tertiary/aromatic N) is 1. The third-order valence-corrected chi connectivity index (χ3v) is 4.97. The van der Waals surface area contributed by atoms with Gasteiger partial charge in [-0.25, -0.2) is 0 Å². The van der Waals surface area contributed by atoms with E-state index in [4.69, 9.17) is 18.9 Å². The van der Waals surface area contributed by atoms with E-state index in [0.717, 1.165) is 38.6 Å². The predicted molar refractivity (Wildman–Crippen MR) is 120 cm³/mol. The lowest BCUT2D eigenvalue weighted by molar-refractivity contribution is -0.147. The van der Waals surface area contributed by atoms with Crippen LogP contribution in [-0.4, -0.2) is 63.4 Å². The van der Waals surface area contributed by atoms with Gasteiger partial charge in [-0.1, -0.05) is 12.1 Å². The molecule has 1 N–H and O–H groups in total. The summed E-state index contributed by atoms with van der Waals surface area (Å²) in [5, 5.41) is 2.74. The molecular formula is C24H30N2O6. The average Bonchev–Trinajstić information content (AvgIpc) is 2.83. The summed E-state index contributed by atoms with van der Waals surface area (Å²) in [6.07, 6.45) is 0.677. The molecule has 1 aliphatic rings. The number of hydrogen-bond donors (Lipinski definition) is 1. The van der Waals surface area contributed by atoms with Gasteiger partial charge in [0.1, 0.15) is 11.5 Å². The fourth-order valence-electron chi connectivity index (χ4n) is 3.20. The summed E-state index contributed by atoms with van der Waals surface area (Å²) in [4.78, 5) is 26.2. The highest BCUT2D eigenvalue weighted by molar-refractivity contribution is 5.92. The van der Waals surface area contributed by atoms with Gasteiger partial charge in [0.15, 0.2) is 6.61 Å². The van der Waals surface area contributed by atoms with Crippen LogP contribution in [0.1, 0.15) is 18.4 Å². The fourth-order valence-corrected chi connectivity index (χ4v) is 3.20. The maximum absolute atomic E-state index is 12.0. The SMILES string of the molecule is COc1ccc(OCCCC(=O)OCC(=O)Nc2ccc(CN3CCOCC3)cc2)cc1. The molecule has 1 fully saturated rings. The van der Waals surface area contributed by atoms with Crippen LogP contribution in [-0.2, 0) is 25.6 Å². The van der Waals surface area contributed by atoms with E-state index in [9.17, 15) is 9.59 Å². The molecule has 32 heavy (non-hydrogen) atoms. The molecule has 3 rings (SSSR count). The summed E-state index contributed by atoms with van der Waals surface area (Å²) >= 11 is 0. The smallest absolute Gasteiger partial charge is 0.306 e. The van der Waals surface area contributed by atoms with Gasteiger partial charge in [-0.15, -0.1) is 0 Å². The Hall–Kier alpha value is -3.10. The zero-order chi connectivity index (χ0) is 22.6. The Bertz CT molecular complexity index is 848. The Balaban J connectivity index is 1.28. The number of carbonyl (C=O) groups excluding carboxylic acids is 2. The molecule has 0 aromatic heterocycles. The Labute approximate surface area is 188 Å². The molecule has 172 valence electrons. The quantitative estimate of drug-likeness (QED) is 0.423. The van der Waals surface area contributed by atoms with E-state index >= 15 is 0 Å². The second kappa shape index (κ2) is 12.7. The first-order valence-electron chi connectivity index (χ1n) is 10.7. The average molecular weight is 443 g/mol. The van der Waals surface area contributed by atoms with Crippen LogP contribution in [0.15, 0.2) is 48.5 Å². The third kappa shape index (κ3) is 8.20. The van der Waals surface area contributed by atoms with Crippen molar-refractivity contribution in [3.05, 3.63) is 54.1 Å². The van der Waals surface area contributed by atoms with Crippen LogP contribution in [0.25, 0.3) is 0 Å². The molecule has 1 saturated heterocycles. The molecule has 1 heterocycles. The van der Waals surface area contributed by atoms with Crippen LogP contribution in [0.2, 0.25) is 0 Å². The summed E-state index contributed by atoms with van der Waals surface area (Å²) in [7, 11) is 1.60. The number of amides is 1. The monoisotopic (exact) mass is 442 g/mol. The summed E-state index contributed by atoms with van der Waals surface area (Å²) in [6, 6.07) is 14.9. The van der Waals surface area contributed by atoms with Gasteiger partial charge < -0.3 is 24.3 Å². The number of nitrogens with one attached hydrogen (secondary N) is 1. The molecule has 0 bridgehead atoms. The molecule has 0 saturated carbocycles. The van der Waals surface area contributed by atoms with E-state index in [1.54, 1.807) is 31.4 Å². The van der Waals surface area contributed by atoms with Gasteiger partial charge in [-0.2, -0.15) is 0 Å². The van der Waals surface area contributed by atoms with Crippen molar-refractivity contribution >= 4 is 17.6 Å². The molecule has 0 atom stereocenters. The van der Waals surface area contributed by atoms with Crippen LogP contribution < -0.4 is 14.8 Å². The van der Waals surface area contributed by atoms with Gasteiger partial charge in [0.2, 0.25) is 0 Å². The number of hydrogen-bond acceptors (Lipinski definition) is 7. The van der Waals surface area contributed by atoms with Crippen molar-refractivity contribution in [1.29, 1.82) is 0 Å². The van der Waals surface area contributed by atoms with Gasteiger partial charge in [0.05, 0.1) is 26.9 Å². The lowest BCUT2D eigenvalue weighted by atomic mass is 10.2. The highest BCUT2D eigenvalue weighted by atomic mass is 16.5. The number of benzene rings is 2. The minimum atomic E-state index is -0.431. The zero-order valence-electron chi connectivity index (χ0n) is 18.4. The number of anilines is 1.